The minimum Gasteiger partial charge on any atom is -0.429 e. The van der Waals surface area contributed by atoms with Gasteiger partial charge in [-0.05, 0) is 18.4 Å². The molecule has 0 saturated heterocycles. The standard InChI is InChI=1S/C7H8S.BH2O2/c1-8-7-5-3-2-4-6-7;2-1-3/h2-6H,1H3;2-3H. The SMILES string of the molecule is CSc1ccccc1.O[B]O. The van der Waals surface area contributed by atoms with Crippen molar-refractivity contribution in [2.75, 3.05) is 6.26 Å². The molecule has 11 heavy (non-hydrogen) atoms. The maximum absolute atomic E-state index is 7.00. The van der Waals surface area contributed by atoms with Crippen LogP contribution in [0.15, 0.2) is 35.2 Å². The summed E-state index contributed by atoms with van der Waals surface area (Å²) in [6.07, 6.45) is 2.08. The fraction of sp³-hybridized carbons (Fsp3) is 0.143. The van der Waals surface area contributed by atoms with E-state index in [1.165, 1.54) is 4.90 Å². The highest BCUT2D eigenvalue weighted by atomic mass is 32.2. The Morgan fingerprint density at radius 2 is 1.64 bits per heavy atom. The van der Waals surface area contributed by atoms with Gasteiger partial charge in [-0.3, -0.25) is 0 Å². The molecule has 1 aromatic rings. The molecule has 0 heterocycles. The van der Waals surface area contributed by atoms with E-state index < -0.39 is 0 Å². The van der Waals surface area contributed by atoms with Gasteiger partial charge in [0.1, 0.15) is 0 Å². The van der Waals surface area contributed by atoms with Gasteiger partial charge in [-0.15, -0.1) is 11.8 Å². The summed E-state index contributed by atoms with van der Waals surface area (Å²) in [5.74, 6) is 0. The van der Waals surface area contributed by atoms with Crippen molar-refractivity contribution in [3.05, 3.63) is 30.3 Å². The van der Waals surface area contributed by atoms with E-state index in [1.807, 2.05) is 18.2 Å². The summed E-state index contributed by atoms with van der Waals surface area (Å²) in [5, 5.41) is 14.0. The fourth-order valence-electron chi connectivity index (χ4n) is 0.557. The molecular formula is C7H10BO2S. The predicted molar refractivity (Wildman–Crippen MR) is 48.4 cm³/mol. The third-order valence-electron chi connectivity index (χ3n) is 0.979. The molecule has 0 aliphatic rings. The van der Waals surface area contributed by atoms with Crippen LogP contribution in [0.4, 0.5) is 0 Å². The Morgan fingerprint density at radius 1 is 1.18 bits per heavy atom. The largest absolute Gasteiger partial charge is 0.482 e. The van der Waals surface area contributed by atoms with Crippen molar-refractivity contribution in [1.82, 2.24) is 0 Å². The Hall–Kier alpha value is -0.445. The molecule has 2 nitrogen and oxygen atoms in total. The van der Waals surface area contributed by atoms with Crippen molar-refractivity contribution in [3.63, 3.8) is 0 Å². The van der Waals surface area contributed by atoms with Crippen LogP contribution in [0.2, 0.25) is 0 Å². The van der Waals surface area contributed by atoms with Crippen molar-refractivity contribution >= 4 is 19.4 Å². The molecule has 0 fully saturated rings. The van der Waals surface area contributed by atoms with E-state index in [1.54, 1.807) is 11.8 Å². The van der Waals surface area contributed by atoms with Crippen molar-refractivity contribution in [3.8, 4) is 0 Å². The predicted octanol–water partition coefficient (Wildman–Crippen LogP) is 0.914. The van der Waals surface area contributed by atoms with E-state index in [2.05, 4.69) is 18.4 Å². The van der Waals surface area contributed by atoms with Crippen LogP contribution >= 0.6 is 11.8 Å². The van der Waals surface area contributed by atoms with Crippen molar-refractivity contribution in [2.45, 2.75) is 4.90 Å². The highest BCUT2D eigenvalue weighted by Gasteiger charge is 1.80. The second-order valence-electron chi connectivity index (χ2n) is 1.63. The molecule has 0 unspecified atom stereocenters. The number of hydrogen-bond acceptors (Lipinski definition) is 3. The first-order valence-corrected chi connectivity index (χ1v) is 4.26. The summed E-state index contributed by atoms with van der Waals surface area (Å²) in [6.45, 7) is 0. The van der Waals surface area contributed by atoms with Gasteiger partial charge >= 0.3 is 7.69 Å². The number of hydrogen-bond donors (Lipinski definition) is 2. The molecule has 59 valence electrons. The van der Waals surface area contributed by atoms with Gasteiger partial charge in [-0.25, -0.2) is 0 Å². The van der Waals surface area contributed by atoms with Crippen LogP contribution in [-0.4, -0.2) is 24.0 Å². The van der Waals surface area contributed by atoms with Crippen LogP contribution in [0.5, 0.6) is 0 Å². The number of thioether (sulfide) groups is 1. The normalized spacial score (nSPS) is 7.91. The zero-order valence-electron chi connectivity index (χ0n) is 6.27. The highest BCUT2D eigenvalue weighted by Crippen LogP contribution is 2.11. The average Bonchev–Trinajstić information content (AvgIpc) is 2.08. The Kier molecular flexibility index (Phi) is 7.35. The van der Waals surface area contributed by atoms with Crippen LogP contribution in [0.3, 0.4) is 0 Å². The third kappa shape index (κ3) is 5.97. The van der Waals surface area contributed by atoms with Gasteiger partial charge in [0.2, 0.25) is 0 Å². The molecular weight excluding hydrogens is 159 g/mol. The lowest BCUT2D eigenvalue weighted by atomic mass is 10.4. The van der Waals surface area contributed by atoms with E-state index in [0.29, 0.717) is 0 Å². The van der Waals surface area contributed by atoms with E-state index in [9.17, 15) is 0 Å². The minimum atomic E-state index is 0. The van der Waals surface area contributed by atoms with Gasteiger partial charge in [-0.2, -0.15) is 0 Å². The topological polar surface area (TPSA) is 40.5 Å². The summed E-state index contributed by atoms with van der Waals surface area (Å²) >= 11 is 1.77. The highest BCUT2D eigenvalue weighted by molar-refractivity contribution is 7.98. The molecule has 1 rings (SSSR count). The molecule has 2 N–H and O–H groups in total. The second-order valence-corrected chi connectivity index (χ2v) is 2.51. The molecule has 4 heteroatoms. The van der Waals surface area contributed by atoms with Crippen LogP contribution in [0, 0.1) is 0 Å². The van der Waals surface area contributed by atoms with Crippen molar-refractivity contribution in [1.29, 1.82) is 0 Å². The summed E-state index contributed by atoms with van der Waals surface area (Å²) in [4.78, 5) is 1.33. The molecule has 0 aliphatic carbocycles. The van der Waals surface area contributed by atoms with Gasteiger partial charge in [0.15, 0.2) is 0 Å². The summed E-state index contributed by atoms with van der Waals surface area (Å²) in [6, 6.07) is 10.3. The van der Waals surface area contributed by atoms with E-state index >= 15 is 0 Å². The van der Waals surface area contributed by atoms with Crippen LogP contribution in [0.1, 0.15) is 0 Å². The van der Waals surface area contributed by atoms with Gasteiger partial charge in [0.25, 0.3) is 0 Å². The smallest absolute Gasteiger partial charge is 0.429 e. The maximum Gasteiger partial charge on any atom is 0.482 e. The lowest BCUT2D eigenvalue weighted by Gasteiger charge is -1.89. The zero-order chi connectivity index (χ0) is 8.53. The van der Waals surface area contributed by atoms with Crippen LogP contribution in [0.25, 0.3) is 0 Å². The molecule has 1 aromatic carbocycles. The molecule has 0 aromatic heterocycles. The minimum absolute atomic E-state index is 0. The molecule has 0 aliphatic heterocycles. The van der Waals surface area contributed by atoms with Gasteiger partial charge in [-0.1, -0.05) is 18.2 Å². The van der Waals surface area contributed by atoms with Crippen molar-refractivity contribution in [2.24, 2.45) is 0 Å². The maximum atomic E-state index is 7.00. The Morgan fingerprint density at radius 3 is 1.91 bits per heavy atom. The lowest BCUT2D eigenvalue weighted by molar-refractivity contribution is 0.448. The summed E-state index contributed by atoms with van der Waals surface area (Å²) < 4.78 is 0. The summed E-state index contributed by atoms with van der Waals surface area (Å²) in [5.41, 5.74) is 0. The Bertz CT molecular complexity index is 169. The summed E-state index contributed by atoms with van der Waals surface area (Å²) in [7, 11) is 0. The second kappa shape index (κ2) is 7.66. The van der Waals surface area contributed by atoms with Crippen LogP contribution < -0.4 is 0 Å². The Balaban J connectivity index is 0.000000292. The number of benzene rings is 1. The van der Waals surface area contributed by atoms with Crippen LogP contribution in [-0.2, 0) is 0 Å². The molecule has 0 bridgehead atoms. The lowest BCUT2D eigenvalue weighted by Crippen LogP contribution is -1.75. The molecule has 1 radical (unpaired) electrons. The molecule has 0 spiro atoms. The molecule has 0 saturated carbocycles. The monoisotopic (exact) mass is 169 g/mol. The molecule has 0 amide bonds. The zero-order valence-corrected chi connectivity index (χ0v) is 7.08. The quantitative estimate of drug-likeness (QED) is 0.485. The third-order valence-corrected chi connectivity index (χ3v) is 1.72. The first-order valence-electron chi connectivity index (χ1n) is 3.04. The van der Waals surface area contributed by atoms with Gasteiger partial charge < -0.3 is 10.0 Å². The molecule has 0 atom stereocenters. The first kappa shape index (κ1) is 10.6. The van der Waals surface area contributed by atoms with Gasteiger partial charge in [0.05, 0.1) is 0 Å². The van der Waals surface area contributed by atoms with Crippen molar-refractivity contribution < 1.29 is 10.0 Å². The van der Waals surface area contributed by atoms with Gasteiger partial charge in [0, 0.05) is 4.90 Å². The fourth-order valence-corrected chi connectivity index (χ4v) is 0.986. The van der Waals surface area contributed by atoms with E-state index in [4.69, 9.17) is 10.0 Å². The average molecular weight is 169 g/mol. The Labute approximate surface area is 71.6 Å². The van der Waals surface area contributed by atoms with E-state index in [-0.39, 0.29) is 7.69 Å². The first-order chi connectivity index (χ1) is 5.35. The van der Waals surface area contributed by atoms with E-state index in [0.717, 1.165) is 0 Å². The number of rotatable bonds is 1.